The molecule has 15 heteroatoms. The van der Waals surface area contributed by atoms with Crippen molar-refractivity contribution in [2.24, 2.45) is 4.99 Å². The summed E-state index contributed by atoms with van der Waals surface area (Å²) in [7, 11) is 0. The van der Waals surface area contributed by atoms with E-state index in [4.69, 9.17) is 4.74 Å². The Bertz CT molecular complexity index is 2700. The van der Waals surface area contributed by atoms with Crippen LogP contribution in [0.4, 0.5) is 21.0 Å². The van der Waals surface area contributed by atoms with E-state index in [0.717, 1.165) is 64.9 Å². The third-order valence-electron chi connectivity index (χ3n) is 12.1. The molecule has 8 rings (SSSR count). The third kappa shape index (κ3) is 11.1. The predicted octanol–water partition coefficient (Wildman–Crippen LogP) is 7.89. The van der Waals surface area contributed by atoms with Gasteiger partial charge < -0.3 is 30.7 Å². The van der Waals surface area contributed by atoms with Crippen LogP contribution in [0, 0.1) is 0 Å². The molecule has 0 saturated heterocycles. The van der Waals surface area contributed by atoms with E-state index in [1.807, 2.05) is 56.3 Å². The second-order valence-corrected chi connectivity index (χ2v) is 16.9. The Morgan fingerprint density at radius 3 is 2.19 bits per heavy atom. The van der Waals surface area contributed by atoms with Crippen molar-refractivity contribution in [1.82, 2.24) is 30.7 Å². The number of aromatic nitrogens is 1. The summed E-state index contributed by atoms with van der Waals surface area (Å²) in [5, 5.41) is 20.4. The number of hydrogen-bond acceptors (Lipinski definition) is 9. The number of hydrogen-bond donors (Lipinski definition) is 5. The molecule has 0 saturated carbocycles. The average Bonchev–Trinajstić information content (AvgIpc) is 3.53. The number of alkyl carbamates (subject to hydrolysis) is 1. The molecule has 0 fully saturated rings. The molecule has 67 heavy (non-hydrogen) atoms. The Morgan fingerprint density at radius 1 is 0.806 bits per heavy atom. The van der Waals surface area contributed by atoms with Crippen LogP contribution in [0.3, 0.4) is 0 Å². The van der Waals surface area contributed by atoms with Crippen molar-refractivity contribution in [2.45, 2.75) is 58.5 Å². The van der Waals surface area contributed by atoms with Crippen LogP contribution >= 0.6 is 0 Å². The Balaban J connectivity index is 0.815. The topological polar surface area (TPSA) is 195 Å². The maximum Gasteiger partial charge on any atom is 0.410 e. The number of ether oxygens (including phenoxy) is 1. The zero-order valence-corrected chi connectivity index (χ0v) is 37.6. The number of benzene rings is 4. The molecule has 4 aromatic carbocycles. The number of pyridine rings is 1. The smallest absolute Gasteiger partial charge is 0.410 e. The van der Waals surface area contributed by atoms with Crippen LogP contribution in [0.1, 0.15) is 93.3 Å². The van der Waals surface area contributed by atoms with Crippen LogP contribution in [0.15, 0.2) is 114 Å². The van der Waals surface area contributed by atoms with E-state index in [2.05, 4.69) is 60.4 Å². The van der Waals surface area contributed by atoms with E-state index in [1.165, 1.54) is 0 Å². The van der Waals surface area contributed by atoms with Gasteiger partial charge in [-0.2, -0.15) is 0 Å². The molecule has 0 bridgehead atoms. The van der Waals surface area contributed by atoms with E-state index in [0.29, 0.717) is 59.8 Å². The minimum absolute atomic E-state index is 0.000169. The van der Waals surface area contributed by atoms with Gasteiger partial charge in [0.15, 0.2) is 0 Å². The van der Waals surface area contributed by atoms with Gasteiger partial charge in [-0.1, -0.05) is 80.6 Å². The highest BCUT2D eigenvalue weighted by Crippen LogP contribution is 2.44. The molecule has 1 aliphatic carbocycles. The first kappa shape index (κ1) is 45.9. The molecule has 15 nitrogen and oxygen atoms in total. The van der Waals surface area contributed by atoms with E-state index in [9.17, 15) is 29.1 Å². The fourth-order valence-corrected chi connectivity index (χ4v) is 8.90. The second kappa shape index (κ2) is 21.1. The van der Waals surface area contributed by atoms with Gasteiger partial charge in [0.25, 0.3) is 11.8 Å². The summed E-state index contributed by atoms with van der Waals surface area (Å²) in [6, 6.07) is 30.7. The highest BCUT2D eigenvalue weighted by molar-refractivity contribution is 6.09. The van der Waals surface area contributed by atoms with Crippen LogP contribution in [0.5, 0.6) is 0 Å². The van der Waals surface area contributed by atoms with Gasteiger partial charge in [0.2, 0.25) is 5.91 Å². The summed E-state index contributed by atoms with van der Waals surface area (Å²) in [5.41, 5.74) is 10.3. The predicted molar refractivity (Wildman–Crippen MR) is 256 cm³/mol. The number of nitrogens with one attached hydrogen (secondary N) is 4. The van der Waals surface area contributed by atoms with Crippen LogP contribution in [-0.2, 0) is 29.0 Å². The molecule has 0 unspecified atom stereocenters. The second-order valence-electron chi connectivity index (χ2n) is 16.9. The van der Waals surface area contributed by atoms with Crippen molar-refractivity contribution in [3.63, 3.8) is 0 Å². The first-order valence-electron chi connectivity index (χ1n) is 22.8. The zero-order valence-electron chi connectivity index (χ0n) is 37.6. The van der Waals surface area contributed by atoms with Crippen molar-refractivity contribution in [1.29, 1.82) is 0 Å². The molecule has 0 radical (unpaired) electrons. The van der Waals surface area contributed by atoms with E-state index < -0.39 is 18.1 Å². The number of amidine groups is 1. The Labute approximate surface area is 389 Å². The highest BCUT2D eigenvalue weighted by atomic mass is 16.5. The molecule has 5 N–H and O–H groups in total. The number of carboxylic acid groups (broad SMARTS) is 1. The van der Waals surface area contributed by atoms with Crippen LogP contribution < -0.4 is 21.3 Å². The SMILES string of the molecule is CCCN(CCC)C(=O)C1=Cc2ccc(C(=O)Nc3cnc4c(c3)CN(Cc3ccc(C(=O)NCCNC(=O)OCC5c6ccccc6-c6ccccc65)cc3)CC4)cc2N=C(NC(=O)O)C1. The van der Waals surface area contributed by atoms with Gasteiger partial charge in [0.1, 0.15) is 12.4 Å². The van der Waals surface area contributed by atoms with Crippen molar-refractivity contribution >= 4 is 53.2 Å². The van der Waals surface area contributed by atoms with Crippen LogP contribution in [0.2, 0.25) is 0 Å². The van der Waals surface area contributed by atoms with Crippen molar-refractivity contribution in [3.8, 4) is 11.1 Å². The normalized spacial score (nSPS) is 13.9. The van der Waals surface area contributed by atoms with Crippen molar-refractivity contribution in [2.75, 3.05) is 44.6 Å². The summed E-state index contributed by atoms with van der Waals surface area (Å²) in [6.45, 7) is 7.88. The molecule has 344 valence electrons. The quantitative estimate of drug-likeness (QED) is 0.0650. The molecular weight excluding hydrogens is 849 g/mol. The lowest BCUT2D eigenvalue weighted by atomic mass is 9.98. The number of rotatable bonds is 15. The van der Waals surface area contributed by atoms with E-state index in [1.54, 1.807) is 47.5 Å². The van der Waals surface area contributed by atoms with Crippen LogP contribution in [-0.4, -0.2) is 95.0 Å². The molecule has 2 aliphatic heterocycles. The lowest BCUT2D eigenvalue weighted by Gasteiger charge is -2.28. The summed E-state index contributed by atoms with van der Waals surface area (Å²) in [5.74, 6) is -0.748. The van der Waals surface area contributed by atoms with Gasteiger partial charge in [-0.15, -0.1) is 0 Å². The zero-order chi connectivity index (χ0) is 46.9. The number of amides is 5. The molecule has 5 aromatic rings. The van der Waals surface area contributed by atoms with Gasteiger partial charge in [0, 0.05) is 92.5 Å². The van der Waals surface area contributed by atoms with Crippen molar-refractivity contribution in [3.05, 3.63) is 153 Å². The van der Waals surface area contributed by atoms with Gasteiger partial charge in [-0.05, 0) is 82.6 Å². The van der Waals surface area contributed by atoms with Gasteiger partial charge in [0.05, 0.1) is 17.6 Å². The van der Waals surface area contributed by atoms with Gasteiger partial charge in [-0.25, -0.2) is 14.6 Å². The molecule has 5 amide bonds. The third-order valence-corrected chi connectivity index (χ3v) is 12.1. The maximum atomic E-state index is 13.6. The minimum atomic E-state index is -1.30. The monoisotopic (exact) mass is 902 g/mol. The molecule has 0 atom stereocenters. The Hall–Kier alpha value is -7.65. The van der Waals surface area contributed by atoms with E-state index >= 15 is 0 Å². The first-order chi connectivity index (χ1) is 32.6. The Kier molecular flexibility index (Phi) is 14.5. The first-order valence-corrected chi connectivity index (χ1v) is 22.8. The molecule has 3 aliphatic rings. The maximum absolute atomic E-state index is 13.6. The number of anilines is 1. The fraction of sp³-hybridized carbons (Fsp3) is 0.288. The number of aliphatic imine (C=N–C) groups is 1. The molecular formula is C52H54N8O7. The molecule has 3 heterocycles. The Morgan fingerprint density at radius 2 is 1.49 bits per heavy atom. The van der Waals surface area contributed by atoms with Gasteiger partial charge in [-0.3, -0.25) is 29.6 Å². The highest BCUT2D eigenvalue weighted by Gasteiger charge is 2.29. The molecule has 1 aromatic heterocycles. The van der Waals surface area contributed by atoms with E-state index in [-0.39, 0.29) is 49.7 Å². The largest absolute Gasteiger partial charge is 0.465 e. The lowest BCUT2D eigenvalue weighted by molar-refractivity contribution is -0.127. The minimum Gasteiger partial charge on any atom is -0.465 e. The summed E-state index contributed by atoms with van der Waals surface area (Å²) in [6.07, 6.45) is 3.84. The number of nitrogens with zero attached hydrogens (tertiary/aromatic N) is 4. The number of carbonyl (C=O) groups excluding carboxylic acids is 4. The lowest BCUT2D eigenvalue weighted by Crippen LogP contribution is -2.36. The van der Waals surface area contributed by atoms with Gasteiger partial charge >= 0.3 is 12.2 Å². The number of fused-ring (bicyclic) bond motifs is 5. The van der Waals surface area contributed by atoms with Crippen LogP contribution in [0.25, 0.3) is 17.2 Å². The summed E-state index contributed by atoms with van der Waals surface area (Å²) >= 11 is 0. The molecule has 0 spiro atoms. The summed E-state index contributed by atoms with van der Waals surface area (Å²) < 4.78 is 5.60. The fourth-order valence-electron chi connectivity index (χ4n) is 8.90. The van der Waals surface area contributed by atoms with Crippen molar-refractivity contribution < 1.29 is 33.8 Å². The number of carbonyl (C=O) groups is 5. The average molecular weight is 903 g/mol. The summed E-state index contributed by atoms with van der Waals surface area (Å²) in [4.78, 5) is 77.6. The standard InChI is InChI=1S/C52H54N8O7/c1-3-22-60(23-4-2)50(63)37-25-35-17-18-36(27-46(35)57-47(28-37)58-51(64)65)49(62)56-39-26-38-31-59(24-19-45(38)55-29-39)30-33-13-15-34(16-14-33)48(61)53-20-21-54-52(66)67-32-44-42-11-7-5-9-40(42)41-10-6-8-12-43(41)44/h5-18,25-27,29,44H,3-4,19-24,28,30-32H2,1-2H3,(H,53,61)(H,54,66)(H,56,62)(H,57,58)(H,64,65).